The minimum absolute atomic E-state index is 0.0151. The van der Waals surface area contributed by atoms with Crippen LogP contribution in [0.1, 0.15) is 20.3 Å². The van der Waals surface area contributed by atoms with E-state index in [1.807, 2.05) is 31.4 Å². The second kappa shape index (κ2) is 5.71. The molecule has 1 aromatic rings. The fraction of sp³-hybridized carbons (Fsp3) is 0.600. The Morgan fingerprint density at radius 1 is 1.50 bits per heavy atom. The van der Waals surface area contributed by atoms with E-state index in [1.54, 1.807) is 23.1 Å². The van der Waals surface area contributed by atoms with Gasteiger partial charge in [0, 0.05) is 11.2 Å². The lowest BCUT2D eigenvalue weighted by Gasteiger charge is -2.20. The van der Waals surface area contributed by atoms with Gasteiger partial charge in [0.1, 0.15) is 0 Å². The van der Waals surface area contributed by atoms with Gasteiger partial charge >= 0.3 is 0 Å². The summed E-state index contributed by atoms with van der Waals surface area (Å²) in [6.07, 6.45) is -1.67. The second-order valence-electron chi connectivity index (χ2n) is 3.16. The van der Waals surface area contributed by atoms with E-state index < -0.39 is 12.3 Å². The van der Waals surface area contributed by atoms with E-state index in [-0.39, 0.29) is 5.25 Å². The highest BCUT2D eigenvalue weighted by molar-refractivity contribution is 8.01. The number of rotatable bonds is 5. The SMILES string of the molecule is CCC(C(F)F)C(C)Sc1cccs1. The maximum absolute atomic E-state index is 12.6. The van der Waals surface area contributed by atoms with Crippen LogP contribution in [0.25, 0.3) is 0 Å². The molecule has 0 N–H and O–H groups in total. The van der Waals surface area contributed by atoms with E-state index in [0.29, 0.717) is 6.42 Å². The lowest BCUT2D eigenvalue weighted by Crippen LogP contribution is -2.20. The molecule has 0 aliphatic rings. The molecule has 0 amide bonds. The minimum atomic E-state index is -2.21. The zero-order valence-corrected chi connectivity index (χ0v) is 9.88. The van der Waals surface area contributed by atoms with Crippen molar-refractivity contribution in [1.82, 2.24) is 0 Å². The monoisotopic (exact) mass is 236 g/mol. The van der Waals surface area contributed by atoms with Crippen LogP contribution < -0.4 is 0 Å². The maximum Gasteiger partial charge on any atom is 0.242 e. The molecule has 0 spiro atoms. The van der Waals surface area contributed by atoms with E-state index in [2.05, 4.69) is 0 Å². The molecule has 0 bridgehead atoms. The Kier molecular flexibility index (Phi) is 4.89. The third kappa shape index (κ3) is 3.24. The molecule has 0 aliphatic heterocycles. The van der Waals surface area contributed by atoms with Gasteiger partial charge in [0.2, 0.25) is 6.43 Å². The van der Waals surface area contributed by atoms with Crippen LogP contribution in [-0.2, 0) is 0 Å². The predicted octanol–water partition coefficient (Wildman–Crippen LogP) is 4.52. The Balaban J connectivity index is 2.51. The summed E-state index contributed by atoms with van der Waals surface area (Å²) < 4.78 is 26.3. The molecule has 0 saturated carbocycles. The number of thiophene rings is 1. The summed E-state index contributed by atoms with van der Waals surface area (Å²) in [5, 5.41) is 1.96. The Morgan fingerprint density at radius 2 is 2.21 bits per heavy atom. The normalized spacial score (nSPS) is 15.8. The van der Waals surface area contributed by atoms with Crippen LogP contribution in [0.5, 0.6) is 0 Å². The third-order valence-corrected chi connectivity index (χ3v) is 4.52. The zero-order valence-electron chi connectivity index (χ0n) is 8.24. The molecule has 14 heavy (non-hydrogen) atoms. The van der Waals surface area contributed by atoms with Gasteiger partial charge in [-0.3, -0.25) is 0 Å². The lowest BCUT2D eigenvalue weighted by molar-refractivity contribution is 0.0759. The van der Waals surface area contributed by atoms with Gasteiger partial charge in [0.05, 0.1) is 4.21 Å². The number of halogens is 2. The lowest BCUT2D eigenvalue weighted by atomic mass is 10.0. The van der Waals surface area contributed by atoms with Crippen LogP contribution in [0.15, 0.2) is 21.7 Å². The van der Waals surface area contributed by atoms with Gasteiger partial charge in [-0.25, -0.2) is 8.78 Å². The van der Waals surface area contributed by atoms with Crippen molar-refractivity contribution in [1.29, 1.82) is 0 Å². The van der Waals surface area contributed by atoms with Gasteiger partial charge in [-0.2, -0.15) is 0 Å². The number of alkyl halides is 2. The van der Waals surface area contributed by atoms with Crippen molar-refractivity contribution in [2.24, 2.45) is 5.92 Å². The van der Waals surface area contributed by atoms with Crippen molar-refractivity contribution in [2.75, 3.05) is 0 Å². The van der Waals surface area contributed by atoms with Gasteiger partial charge in [0.15, 0.2) is 0 Å². The van der Waals surface area contributed by atoms with Gasteiger partial charge in [-0.05, 0) is 17.9 Å². The molecule has 80 valence electrons. The quantitative estimate of drug-likeness (QED) is 0.677. The Labute approximate surface area is 91.7 Å². The molecule has 0 radical (unpaired) electrons. The Hall–Kier alpha value is -0.0900. The molecule has 0 aliphatic carbocycles. The van der Waals surface area contributed by atoms with Crippen molar-refractivity contribution in [3.8, 4) is 0 Å². The van der Waals surface area contributed by atoms with Crippen LogP contribution in [0.4, 0.5) is 8.78 Å². The van der Waals surface area contributed by atoms with Crippen LogP contribution in [-0.4, -0.2) is 11.7 Å². The fourth-order valence-corrected chi connectivity index (χ4v) is 3.62. The number of thioether (sulfide) groups is 1. The van der Waals surface area contributed by atoms with Crippen molar-refractivity contribution in [3.63, 3.8) is 0 Å². The smallest absolute Gasteiger partial charge is 0.210 e. The summed E-state index contributed by atoms with van der Waals surface area (Å²) in [7, 11) is 0. The van der Waals surface area contributed by atoms with Gasteiger partial charge < -0.3 is 0 Å². The molecule has 0 nitrogen and oxygen atoms in total. The predicted molar refractivity (Wildman–Crippen MR) is 59.4 cm³/mol. The summed E-state index contributed by atoms with van der Waals surface area (Å²) in [5.41, 5.74) is 0. The molecule has 0 fully saturated rings. The molecule has 2 atom stereocenters. The largest absolute Gasteiger partial charge is 0.242 e. The molecule has 2 unspecified atom stereocenters. The standard InChI is InChI=1S/C10H14F2S2/c1-3-8(10(11)12)7(2)14-9-5-4-6-13-9/h4-8,10H,3H2,1-2H3. The van der Waals surface area contributed by atoms with E-state index in [1.165, 1.54) is 0 Å². The van der Waals surface area contributed by atoms with E-state index in [9.17, 15) is 8.78 Å². The minimum Gasteiger partial charge on any atom is -0.210 e. The molecular weight excluding hydrogens is 222 g/mol. The van der Waals surface area contributed by atoms with Crippen LogP contribution in [0.2, 0.25) is 0 Å². The van der Waals surface area contributed by atoms with Crippen molar-refractivity contribution < 1.29 is 8.78 Å². The number of hydrogen-bond acceptors (Lipinski definition) is 2. The second-order valence-corrected chi connectivity index (χ2v) is 5.79. The van der Waals surface area contributed by atoms with Crippen LogP contribution in [0.3, 0.4) is 0 Å². The summed E-state index contributed by atoms with van der Waals surface area (Å²) in [4.78, 5) is 0. The molecule has 1 rings (SSSR count). The van der Waals surface area contributed by atoms with Gasteiger partial charge in [-0.1, -0.05) is 19.9 Å². The first kappa shape index (κ1) is 12.0. The van der Waals surface area contributed by atoms with Crippen molar-refractivity contribution in [3.05, 3.63) is 17.5 Å². The summed E-state index contributed by atoms with van der Waals surface area (Å²) >= 11 is 3.16. The summed E-state index contributed by atoms with van der Waals surface area (Å²) in [6.45, 7) is 3.70. The van der Waals surface area contributed by atoms with Gasteiger partial charge in [-0.15, -0.1) is 23.1 Å². The van der Waals surface area contributed by atoms with E-state index in [4.69, 9.17) is 0 Å². The summed E-state index contributed by atoms with van der Waals surface area (Å²) in [6, 6.07) is 3.92. The third-order valence-electron chi connectivity index (χ3n) is 2.20. The molecule has 0 aromatic carbocycles. The van der Waals surface area contributed by atoms with Crippen LogP contribution >= 0.6 is 23.1 Å². The maximum atomic E-state index is 12.6. The highest BCUT2D eigenvalue weighted by atomic mass is 32.2. The van der Waals surface area contributed by atoms with E-state index >= 15 is 0 Å². The molecule has 1 heterocycles. The van der Waals surface area contributed by atoms with Crippen LogP contribution in [0, 0.1) is 5.92 Å². The molecule has 0 saturated heterocycles. The van der Waals surface area contributed by atoms with E-state index in [0.717, 1.165) is 4.21 Å². The first-order valence-electron chi connectivity index (χ1n) is 4.63. The zero-order chi connectivity index (χ0) is 10.6. The highest BCUT2D eigenvalue weighted by Crippen LogP contribution is 2.34. The first-order valence-corrected chi connectivity index (χ1v) is 6.39. The van der Waals surface area contributed by atoms with Crippen molar-refractivity contribution >= 4 is 23.1 Å². The molecular formula is C10H14F2S2. The molecule has 4 heteroatoms. The summed E-state index contributed by atoms with van der Waals surface area (Å²) in [5.74, 6) is -0.498. The average Bonchev–Trinajstić information content (AvgIpc) is 2.57. The number of hydrogen-bond donors (Lipinski definition) is 0. The van der Waals surface area contributed by atoms with Gasteiger partial charge in [0.25, 0.3) is 0 Å². The fourth-order valence-electron chi connectivity index (χ4n) is 1.32. The topological polar surface area (TPSA) is 0 Å². The highest BCUT2D eigenvalue weighted by Gasteiger charge is 2.25. The average molecular weight is 236 g/mol. The molecule has 1 aromatic heterocycles. The Morgan fingerprint density at radius 3 is 2.64 bits per heavy atom. The Bertz CT molecular complexity index is 247. The van der Waals surface area contributed by atoms with Crippen molar-refractivity contribution in [2.45, 2.75) is 36.2 Å². The first-order chi connectivity index (χ1) is 6.65.